The minimum atomic E-state index is -0.335. The van der Waals surface area contributed by atoms with Gasteiger partial charge < -0.3 is 26.9 Å². The van der Waals surface area contributed by atoms with E-state index in [1.54, 1.807) is 6.20 Å². The molecule has 2 aromatic rings. The van der Waals surface area contributed by atoms with Crippen LogP contribution in [-0.4, -0.2) is 55.7 Å². The van der Waals surface area contributed by atoms with E-state index < -0.39 is 0 Å². The Labute approximate surface area is 159 Å². The van der Waals surface area contributed by atoms with Gasteiger partial charge in [0, 0.05) is 42.8 Å². The highest BCUT2D eigenvalue weighted by molar-refractivity contribution is 6.31. The van der Waals surface area contributed by atoms with Crippen molar-refractivity contribution in [2.45, 2.75) is 13.8 Å². The first kappa shape index (κ1) is 19.8. The Bertz CT molecular complexity index is 774. The summed E-state index contributed by atoms with van der Waals surface area (Å²) in [4.78, 5) is 21.5. The zero-order chi connectivity index (χ0) is 17.3. The van der Waals surface area contributed by atoms with E-state index in [0.29, 0.717) is 17.2 Å². The molecule has 0 spiro atoms. The average Bonchev–Trinajstić information content (AvgIpc) is 2.55. The summed E-state index contributed by atoms with van der Waals surface area (Å²) in [6.45, 7) is 7.74. The van der Waals surface area contributed by atoms with E-state index in [0.717, 1.165) is 48.3 Å². The lowest BCUT2D eigenvalue weighted by molar-refractivity contribution is -0.0000231. The molecule has 5 nitrogen and oxygen atoms in total. The maximum absolute atomic E-state index is 12.5. The summed E-state index contributed by atoms with van der Waals surface area (Å²) in [6, 6.07) is 3.79. The molecule has 1 fully saturated rings. The molecule has 2 heterocycles. The number of piperazine rings is 1. The first-order valence-corrected chi connectivity index (χ1v) is 8.58. The number of fused-ring (bicyclic) bond motifs is 1. The Morgan fingerprint density at radius 2 is 1.96 bits per heavy atom. The van der Waals surface area contributed by atoms with Gasteiger partial charge in [0.25, 0.3) is 0 Å². The van der Waals surface area contributed by atoms with Gasteiger partial charge in [0.1, 0.15) is 5.56 Å². The van der Waals surface area contributed by atoms with Gasteiger partial charge in [0.2, 0.25) is 0 Å². The standard InChI is InChI=1S/C18H22ClN3O2.ClH/c1-4-24-18(23)15-11-20-16-12(2)9-13(19)10-14(16)17(15)22-7-5-21(3)6-8-22;/h9-11H,4-8H2,1-3H3;1H/p-1. The van der Waals surface area contributed by atoms with E-state index in [1.807, 2.05) is 26.0 Å². The minimum absolute atomic E-state index is 0. The fraction of sp³-hybridized carbons (Fsp3) is 0.444. The SMILES string of the molecule is CCOC(=O)c1cnc2c(C)cc(Cl)cc2c1N1CCN(C)CC1.[Cl-]. The van der Waals surface area contributed by atoms with Crippen molar-refractivity contribution >= 4 is 34.2 Å². The number of anilines is 1. The number of halogens is 2. The quantitative estimate of drug-likeness (QED) is 0.706. The van der Waals surface area contributed by atoms with Crippen LogP contribution in [0.15, 0.2) is 18.3 Å². The number of aromatic nitrogens is 1. The second kappa shape index (κ2) is 8.21. The molecule has 1 saturated heterocycles. The maximum Gasteiger partial charge on any atom is 0.341 e. The van der Waals surface area contributed by atoms with Gasteiger partial charge in [0.15, 0.2) is 0 Å². The summed E-state index contributed by atoms with van der Waals surface area (Å²) < 4.78 is 5.24. The highest BCUT2D eigenvalue weighted by Crippen LogP contribution is 2.34. The molecule has 25 heavy (non-hydrogen) atoms. The number of carbonyl (C=O) groups is 1. The lowest BCUT2D eigenvalue weighted by Gasteiger charge is -2.35. The van der Waals surface area contributed by atoms with Crippen molar-refractivity contribution in [3.8, 4) is 0 Å². The number of carbonyl (C=O) groups excluding carboxylic acids is 1. The highest BCUT2D eigenvalue weighted by atomic mass is 35.5. The van der Waals surface area contributed by atoms with Gasteiger partial charge >= 0.3 is 5.97 Å². The first-order chi connectivity index (χ1) is 11.5. The summed E-state index contributed by atoms with van der Waals surface area (Å²) in [6.07, 6.45) is 1.63. The molecule has 0 saturated carbocycles. The predicted molar refractivity (Wildman–Crippen MR) is 97.2 cm³/mol. The molecule has 7 heteroatoms. The van der Waals surface area contributed by atoms with E-state index in [9.17, 15) is 4.79 Å². The lowest BCUT2D eigenvalue weighted by Crippen LogP contribution is -3.00. The number of aryl methyl sites for hydroxylation is 1. The van der Waals surface area contributed by atoms with Gasteiger partial charge in [-0.3, -0.25) is 4.98 Å². The molecule has 0 aliphatic carbocycles. The molecule has 1 aromatic carbocycles. The topological polar surface area (TPSA) is 45.7 Å². The molecule has 0 amide bonds. The summed E-state index contributed by atoms with van der Waals surface area (Å²) in [5.74, 6) is -0.335. The number of hydrogen-bond donors (Lipinski definition) is 0. The maximum atomic E-state index is 12.5. The zero-order valence-electron chi connectivity index (χ0n) is 14.7. The molecule has 136 valence electrons. The zero-order valence-corrected chi connectivity index (χ0v) is 16.2. The lowest BCUT2D eigenvalue weighted by atomic mass is 10.0. The summed E-state index contributed by atoms with van der Waals surface area (Å²) in [7, 11) is 2.11. The van der Waals surface area contributed by atoms with Crippen molar-refractivity contribution in [1.29, 1.82) is 0 Å². The van der Waals surface area contributed by atoms with E-state index >= 15 is 0 Å². The molecule has 0 bridgehead atoms. The van der Waals surface area contributed by atoms with E-state index in [4.69, 9.17) is 16.3 Å². The Hall–Kier alpha value is -1.56. The largest absolute Gasteiger partial charge is 1.00 e. The number of esters is 1. The molecular weight excluding hydrogens is 361 g/mol. The van der Waals surface area contributed by atoms with Crippen LogP contribution in [0, 0.1) is 6.92 Å². The average molecular weight is 383 g/mol. The second-order valence-corrected chi connectivity index (χ2v) is 6.59. The van der Waals surface area contributed by atoms with Gasteiger partial charge in [-0.05, 0) is 38.6 Å². The van der Waals surface area contributed by atoms with Crippen molar-refractivity contribution in [2.75, 3.05) is 44.7 Å². The van der Waals surface area contributed by atoms with Crippen molar-refractivity contribution in [1.82, 2.24) is 9.88 Å². The van der Waals surface area contributed by atoms with Crippen molar-refractivity contribution in [2.24, 2.45) is 0 Å². The van der Waals surface area contributed by atoms with E-state index in [1.165, 1.54) is 0 Å². The fourth-order valence-corrected chi connectivity index (χ4v) is 3.42. The summed E-state index contributed by atoms with van der Waals surface area (Å²) >= 11 is 6.28. The smallest absolute Gasteiger partial charge is 0.341 e. The summed E-state index contributed by atoms with van der Waals surface area (Å²) in [5.41, 5.74) is 3.28. The molecule has 0 radical (unpaired) electrons. The monoisotopic (exact) mass is 382 g/mol. The van der Waals surface area contributed by atoms with Crippen molar-refractivity contribution < 1.29 is 21.9 Å². The third-order valence-corrected chi connectivity index (χ3v) is 4.63. The molecule has 1 aliphatic heterocycles. The van der Waals surface area contributed by atoms with Crippen LogP contribution in [0.4, 0.5) is 5.69 Å². The Morgan fingerprint density at radius 1 is 1.28 bits per heavy atom. The molecule has 3 rings (SSSR count). The van der Waals surface area contributed by atoms with Crippen LogP contribution in [0.1, 0.15) is 22.8 Å². The first-order valence-electron chi connectivity index (χ1n) is 8.20. The normalized spacial score (nSPS) is 15.1. The van der Waals surface area contributed by atoms with Crippen LogP contribution in [0.3, 0.4) is 0 Å². The molecule has 1 aromatic heterocycles. The van der Waals surface area contributed by atoms with Crippen LogP contribution in [-0.2, 0) is 4.74 Å². The van der Waals surface area contributed by atoms with Crippen LogP contribution < -0.4 is 17.3 Å². The third kappa shape index (κ3) is 4.00. The third-order valence-electron chi connectivity index (χ3n) is 4.41. The molecule has 1 aliphatic rings. The Morgan fingerprint density at radius 3 is 2.60 bits per heavy atom. The highest BCUT2D eigenvalue weighted by Gasteiger charge is 2.24. The Balaban J connectivity index is 0.00000225. The van der Waals surface area contributed by atoms with E-state index in [2.05, 4.69) is 21.8 Å². The second-order valence-electron chi connectivity index (χ2n) is 6.15. The Kier molecular flexibility index (Phi) is 6.49. The number of nitrogens with zero attached hydrogens (tertiary/aromatic N) is 3. The van der Waals surface area contributed by atoms with Crippen molar-refractivity contribution in [3.63, 3.8) is 0 Å². The minimum Gasteiger partial charge on any atom is -1.00 e. The van der Waals surface area contributed by atoms with Gasteiger partial charge in [-0.15, -0.1) is 0 Å². The van der Waals surface area contributed by atoms with Crippen LogP contribution in [0.5, 0.6) is 0 Å². The molecule has 0 unspecified atom stereocenters. The van der Waals surface area contributed by atoms with Crippen LogP contribution in [0.25, 0.3) is 10.9 Å². The number of likely N-dealkylation sites (N-methyl/N-ethyl adjacent to an activating group) is 1. The number of rotatable bonds is 3. The van der Waals surface area contributed by atoms with Crippen LogP contribution in [0.2, 0.25) is 5.02 Å². The molecule has 0 N–H and O–H groups in total. The van der Waals surface area contributed by atoms with E-state index in [-0.39, 0.29) is 18.4 Å². The van der Waals surface area contributed by atoms with Crippen LogP contribution >= 0.6 is 11.6 Å². The number of ether oxygens (including phenoxy) is 1. The number of hydrogen-bond acceptors (Lipinski definition) is 5. The van der Waals surface area contributed by atoms with Gasteiger partial charge in [0.05, 0.1) is 17.8 Å². The van der Waals surface area contributed by atoms with Gasteiger partial charge in [-0.1, -0.05) is 11.6 Å². The number of benzene rings is 1. The molecule has 0 atom stereocenters. The van der Waals surface area contributed by atoms with Gasteiger partial charge in [-0.25, -0.2) is 4.79 Å². The van der Waals surface area contributed by atoms with Gasteiger partial charge in [-0.2, -0.15) is 0 Å². The number of pyridine rings is 1. The van der Waals surface area contributed by atoms with Crippen molar-refractivity contribution in [3.05, 3.63) is 34.5 Å². The predicted octanol–water partition coefficient (Wildman–Crippen LogP) is 0.129. The molecular formula is C18H22Cl2N3O2-. The summed E-state index contributed by atoms with van der Waals surface area (Å²) in [5, 5.41) is 1.56. The fourth-order valence-electron chi connectivity index (χ4n) is 3.15.